The third-order valence-corrected chi connectivity index (χ3v) is 5.69. The highest BCUT2D eigenvalue weighted by Crippen LogP contribution is 2.27. The summed E-state index contributed by atoms with van der Waals surface area (Å²) in [6, 6.07) is 6.87. The van der Waals surface area contributed by atoms with Crippen LogP contribution in [-0.4, -0.2) is 47.0 Å². The Balaban J connectivity index is 1.89. The number of fused-ring (bicyclic) bond motifs is 1. The molecule has 2 aromatic heterocycles. The number of ether oxygens (including phenoxy) is 1. The molecule has 3 aromatic rings. The number of rotatable bonds is 3. The second kappa shape index (κ2) is 6.77. The van der Waals surface area contributed by atoms with Gasteiger partial charge < -0.3 is 9.64 Å². The third kappa shape index (κ3) is 2.99. The molecule has 4 rings (SSSR count). The number of halogens is 1. The molecule has 6 nitrogen and oxygen atoms in total. The van der Waals surface area contributed by atoms with Crippen molar-refractivity contribution >= 4 is 28.0 Å². The van der Waals surface area contributed by atoms with Crippen LogP contribution in [0.25, 0.3) is 16.5 Å². The number of methoxy groups -OCH3 is 1. The molecule has 1 amide bonds. The minimum absolute atomic E-state index is 0.0623. The lowest BCUT2D eigenvalue weighted by Gasteiger charge is -2.16. The Morgan fingerprint density at radius 2 is 2.07 bits per heavy atom. The molecule has 1 aliphatic rings. The Morgan fingerprint density at radius 3 is 2.70 bits per heavy atom. The Kier molecular flexibility index (Phi) is 4.43. The standard InChI is InChI=1S/C19H18FN3O3S/c1-11-16-15(10-27-11)17(19(25)22-8-7-12(20)9-22)21-23(18(16)24)13-3-5-14(26-2)6-4-13/h3-6,10,12H,7-9H2,1-2H3/t12-/m0/s1. The van der Waals surface area contributed by atoms with Crippen LogP contribution >= 0.6 is 11.3 Å². The molecule has 0 saturated carbocycles. The lowest BCUT2D eigenvalue weighted by atomic mass is 10.2. The Bertz CT molecular complexity index is 1070. The van der Waals surface area contributed by atoms with Crippen LogP contribution < -0.4 is 10.3 Å². The van der Waals surface area contributed by atoms with Crippen molar-refractivity contribution in [3.05, 3.63) is 50.6 Å². The van der Waals surface area contributed by atoms with Gasteiger partial charge in [-0.3, -0.25) is 9.59 Å². The SMILES string of the molecule is COc1ccc(-n2nc(C(=O)N3CC[C@H](F)C3)c3csc(C)c3c2=O)cc1. The fourth-order valence-corrected chi connectivity index (χ4v) is 4.15. The van der Waals surface area contributed by atoms with Gasteiger partial charge in [0.1, 0.15) is 11.9 Å². The van der Waals surface area contributed by atoms with Crippen molar-refractivity contribution in [2.45, 2.75) is 19.5 Å². The van der Waals surface area contributed by atoms with Crippen molar-refractivity contribution in [3.63, 3.8) is 0 Å². The zero-order valence-corrected chi connectivity index (χ0v) is 15.8. The van der Waals surface area contributed by atoms with Gasteiger partial charge in [-0.15, -0.1) is 11.3 Å². The average Bonchev–Trinajstić information content (AvgIpc) is 3.28. The van der Waals surface area contributed by atoms with Crippen molar-refractivity contribution in [3.8, 4) is 11.4 Å². The summed E-state index contributed by atoms with van der Waals surface area (Å²) in [5.41, 5.74) is 0.432. The topological polar surface area (TPSA) is 64.4 Å². The highest BCUT2D eigenvalue weighted by atomic mass is 32.1. The van der Waals surface area contributed by atoms with Crippen LogP contribution in [0.3, 0.4) is 0 Å². The predicted molar refractivity (Wildman–Crippen MR) is 102 cm³/mol. The summed E-state index contributed by atoms with van der Waals surface area (Å²) in [7, 11) is 1.56. The number of hydrogen-bond acceptors (Lipinski definition) is 5. The van der Waals surface area contributed by atoms with E-state index in [0.717, 1.165) is 4.88 Å². The van der Waals surface area contributed by atoms with E-state index in [2.05, 4.69) is 5.10 Å². The maximum atomic E-state index is 13.6. The number of nitrogens with zero attached hydrogens (tertiary/aromatic N) is 3. The second-order valence-corrected chi connectivity index (χ2v) is 7.57. The molecule has 3 heterocycles. The van der Waals surface area contributed by atoms with Gasteiger partial charge in [0.15, 0.2) is 5.69 Å². The number of aromatic nitrogens is 2. The Labute approximate surface area is 158 Å². The summed E-state index contributed by atoms with van der Waals surface area (Å²) >= 11 is 1.40. The minimum Gasteiger partial charge on any atom is -0.497 e. The molecule has 1 saturated heterocycles. The molecule has 0 spiro atoms. The van der Waals surface area contributed by atoms with Crippen molar-refractivity contribution in [1.29, 1.82) is 0 Å². The molecule has 0 aliphatic carbocycles. The quantitative estimate of drug-likeness (QED) is 0.693. The highest BCUT2D eigenvalue weighted by Gasteiger charge is 2.30. The summed E-state index contributed by atoms with van der Waals surface area (Å²) in [4.78, 5) is 28.3. The number of alkyl halides is 1. The van der Waals surface area contributed by atoms with Gasteiger partial charge >= 0.3 is 0 Å². The first-order valence-electron chi connectivity index (χ1n) is 8.58. The number of amides is 1. The van der Waals surface area contributed by atoms with E-state index in [-0.39, 0.29) is 23.7 Å². The van der Waals surface area contributed by atoms with Crippen LogP contribution in [0.15, 0.2) is 34.4 Å². The second-order valence-electron chi connectivity index (χ2n) is 6.48. The summed E-state index contributed by atoms with van der Waals surface area (Å²) in [5.74, 6) is 0.308. The van der Waals surface area contributed by atoms with Crippen molar-refractivity contribution < 1.29 is 13.9 Å². The van der Waals surface area contributed by atoms with E-state index in [4.69, 9.17) is 4.74 Å². The van der Waals surface area contributed by atoms with Crippen LogP contribution in [0.4, 0.5) is 4.39 Å². The molecule has 0 bridgehead atoms. The van der Waals surface area contributed by atoms with E-state index in [1.807, 2.05) is 6.92 Å². The molecule has 140 valence electrons. The number of aryl methyl sites for hydroxylation is 1. The number of hydrogen-bond donors (Lipinski definition) is 0. The van der Waals surface area contributed by atoms with Gasteiger partial charge in [-0.2, -0.15) is 9.78 Å². The highest BCUT2D eigenvalue weighted by molar-refractivity contribution is 7.11. The molecular weight excluding hydrogens is 369 g/mol. The summed E-state index contributed by atoms with van der Waals surface area (Å²) < 4.78 is 20.0. The Morgan fingerprint density at radius 1 is 1.33 bits per heavy atom. The van der Waals surface area contributed by atoms with Gasteiger partial charge in [-0.1, -0.05) is 0 Å². The van der Waals surface area contributed by atoms with Gasteiger partial charge in [0.25, 0.3) is 11.5 Å². The number of carbonyl (C=O) groups excluding carboxylic acids is 1. The van der Waals surface area contributed by atoms with Crippen molar-refractivity contribution in [2.24, 2.45) is 0 Å². The predicted octanol–water partition coefficient (Wildman–Crippen LogP) is 2.95. The molecule has 27 heavy (non-hydrogen) atoms. The van der Waals surface area contributed by atoms with Gasteiger partial charge in [-0.25, -0.2) is 4.39 Å². The molecule has 0 radical (unpaired) electrons. The monoisotopic (exact) mass is 387 g/mol. The normalized spacial score (nSPS) is 16.9. The first kappa shape index (κ1) is 17.7. The molecule has 8 heteroatoms. The zero-order valence-electron chi connectivity index (χ0n) is 14.9. The summed E-state index contributed by atoms with van der Waals surface area (Å²) in [6.45, 7) is 2.26. The van der Waals surface area contributed by atoms with Gasteiger partial charge in [0, 0.05) is 22.2 Å². The van der Waals surface area contributed by atoms with E-state index in [1.54, 1.807) is 36.8 Å². The number of likely N-dealkylation sites (tertiary alicyclic amines) is 1. The summed E-state index contributed by atoms with van der Waals surface area (Å²) in [5, 5.41) is 7.14. The van der Waals surface area contributed by atoms with Crippen LogP contribution in [0, 0.1) is 6.92 Å². The molecule has 1 atom stereocenters. The van der Waals surface area contributed by atoms with E-state index in [9.17, 15) is 14.0 Å². The molecule has 1 aromatic carbocycles. The maximum absolute atomic E-state index is 13.6. The van der Waals surface area contributed by atoms with Crippen LogP contribution in [0.5, 0.6) is 5.75 Å². The fraction of sp³-hybridized carbons (Fsp3) is 0.316. The first-order chi connectivity index (χ1) is 13.0. The van der Waals surface area contributed by atoms with E-state index in [1.165, 1.54) is 20.9 Å². The first-order valence-corrected chi connectivity index (χ1v) is 9.46. The smallest absolute Gasteiger partial charge is 0.280 e. The number of benzene rings is 1. The van der Waals surface area contributed by atoms with Crippen molar-refractivity contribution in [2.75, 3.05) is 20.2 Å². The van der Waals surface area contributed by atoms with E-state index >= 15 is 0 Å². The fourth-order valence-electron chi connectivity index (χ4n) is 3.31. The lowest BCUT2D eigenvalue weighted by molar-refractivity contribution is 0.0777. The largest absolute Gasteiger partial charge is 0.497 e. The Hall–Kier alpha value is -2.74. The number of carbonyl (C=O) groups is 1. The number of thiophene rings is 1. The van der Waals surface area contributed by atoms with E-state index < -0.39 is 6.17 Å². The van der Waals surface area contributed by atoms with Crippen LogP contribution in [-0.2, 0) is 0 Å². The van der Waals surface area contributed by atoms with Crippen LogP contribution in [0.1, 0.15) is 21.8 Å². The zero-order chi connectivity index (χ0) is 19.1. The van der Waals surface area contributed by atoms with E-state index in [0.29, 0.717) is 35.2 Å². The van der Waals surface area contributed by atoms with Gasteiger partial charge in [0.05, 0.1) is 24.7 Å². The summed E-state index contributed by atoms with van der Waals surface area (Å²) in [6.07, 6.45) is -0.684. The van der Waals surface area contributed by atoms with Crippen LogP contribution in [0.2, 0.25) is 0 Å². The molecular formula is C19H18FN3O3S. The molecule has 1 aliphatic heterocycles. The van der Waals surface area contributed by atoms with Gasteiger partial charge in [-0.05, 0) is 37.6 Å². The average molecular weight is 387 g/mol. The van der Waals surface area contributed by atoms with Crippen molar-refractivity contribution in [1.82, 2.24) is 14.7 Å². The van der Waals surface area contributed by atoms with Gasteiger partial charge in [0.2, 0.25) is 0 Å². The molecule has 1 fully saturated rings. The molecule has 0 unspecified atom stereocenters. The lowest BCUT2D eigenvalue weighted by Crippen LogP contribution is -2.32. The third-order valence-electron chi connectivity index (χ3n) is 4.77. The molecule has 0 N–H and O–H groups in total. The maximum Gasteiger partial charge on any atom is 0.280 e. The minimum atomic E-state index is -1.01.